The van der Waals surface area contributed by atoms with Crippen LogP contribution in [0.5, 0.6) is 17.2 Å². The van der Waals surface area contributed by atoms with E-state index in [4.69, 9.17) is 15.2 Å². The van der Waals surface area contributed by atoms with Crippen molar-refractivity contribution < 1.29 is 24.2 Å². The maximum Gasteiger partial charge on any atom is 0.252 e. The van der Waals surface area contributed by atoms with Gasteiger partial charge >= 0.3 is 0 Å². The van der Waals surface area contributed by atoms with Crippen LogP contribution < -0.4 is 20.8 Å². The van der Waals surface area contributed by atoms with E-state index in [1.165, 1.54) is 0 Å². The second-order valence-corrected chi connectivity index (χ2v) is 8.19. The highest BCUT2D eigenvalue weighted by Crippen LogP contribution is 2.40. The number of thiophene rings is 1. The first-order valence-corrected chi connectivity index (χ1v) is 9.98. The van der Waals surface area contributed by atoms with Crippen LogP contribution in [0.3, 0.4) is 0 Å². The molecule has 1 amide bonds. The summed E-state index contributed by atoms with van der Waals surface area (Å²) < 4.78 is 11.7. The minimum atomic E-state index is -0.748. The summed E-state index contributed by atoms with van der Waals surface area (Å²) in [5.74, 6) is -0.0112. The van der Waals surface area contributed by atoms with Crippen LogP contribution in [0.1, 0.15) is 20.7 Å². The van der Waals surface area contributed by atoms with E-state index in [0.29, 0.717) is 39.2 Å². The van der Waals surface area contributed by atoms with Crippen LogP contribution >= 0.6 is 23.1 Å². The van der Waals surface area contributed by atoms with E-state index in [-0.39, 0.29) is 28.4 Å². The van der Waals surface area contributed by atoms with Crippen LogP contribution in [0, 0.1) is 0 Å². The van der Waals surface area contributed by atoms with Crippen molar-refractivity contribution in [2.24, 2.45) is 5.73 Å². The number of aromatic hydroxyl groups is 1. The second kappa shape index (κ2) is 7.21. The average molecular weight is 418 g/mol. The van der Waals surface area contributed by atoms with Gasteiger partial charge in [-0.2, -0.15) is 0 Å². The molecule has 0 fully saturated rings. The number of fused-ring (bicyclic) bond motifs is 2. The van der Waals surface area contributed by atoms with Crippen LogP contribution in [-0.4, -0.2) is 40.7 Å². The molecule has 0 spiro atoms. The van der Waals surface area contributed by atoms with Crippen molar-refractivity contribution in [3.05, 3.63) is 45.7 Å². The lowest BCUT2D eigenvalue weighted by atomic mass is 10.1. The summed E-state index contributed by atoms with van der Waals surface area (Å²) in [4.78, 5) is 38.6. The van der Waals surface area contributed by atoms with Gasteiger partial charge in [-0.15, -0.1) is 23.1 Å². The Hall–Kier alpha value is -2.98. The number of pyridine rings is 1. The molecule has 2 aromatic heterocycles. The molecule has 3 heterocycles. The molecule has 0 bridgehead atoms. The second-order valence-electron chi connectivity index (χ2n) is 5.92. The van der Waals surface area contributed by atoms with Gasteiger partial charge in [0.15, 0.2) is 17.3 Å². The molecular formula is C18H14N2O6S2. The number of benzene rings is 1. The highest BCUT2D eigenvalue weighted by atomic mass is 32.2. The molecule has 1 aliphatic rings. The minimum Gasteiger partial charge on any atom is -0.506 e. The molecule has 8 nitrogen and oxygen atoms in total. The first-order valence-electron chi connectivity index (χ1n) is 8.18. The smallest absolute Gasteiger partial charge is 0.252 e. The Kier molecular flexibility index (Phi) is 4.73. The van der Waals surface area contributed by atoms with Crippen molar-refractivity contribution in [1.29, 1.82) is 0 Å². The molecular weight excluding hydrogens is 404 g/mol. The SMILES string of the molecule is NC(=O)c1c(SCC(=O)c2ccc3c(c2)OCCO3)sc2c(O)cc(=O)[nH]c12. The maximum absolute atomic E-state index is 12.6. The Labute approximate surface area is 166 Å². The van der Waals surface area contributed by atoms with Gasteiger partial charge in [-0.1, -0.05) is 0 Å². The number of ether oxygens (including phenoxy) is 2. The Morgan fingerprint density at radius 1 is 1.21 bits per heavy atom. The predicted molar refractivity (Wildman–Crippen MR) is 105 cm³/mol. The topological polar surface area (TPSA) is 132 Å². The predicted octanol–water partition coefficient (Wildman–Crippen LogP) is 2.14. The quantitative estimate of drug-likeness (QED) is 0.427. The van der Waals surface area contributed by atoms with Gasteiger partial charge in [-0.25, -0.2) is 0 Å². The zero-order valence-electron chi connectivity index (χ0n) is 14.3. The average Bonchev–Trinajstić information content (AvgIpc) is 3.04. The number of carbonyl (C=O) groups excluding carboxylic acids is 2. The highest BCUT2D eigenvalue weighted by molar-refractivity contribution is 8.02. The first-order chi connectivity index (χ1) is 13.4. The molecule has 144 valence electrons. The third-order valence-electron chi connectivity index (χ3n) is 4.07. The number of H-pyrrole nitrogens is 1. The Bertz CT molecular complexity index is 1170. The molecule has 0 aliphatic carbocycles. The van der Waals surface area contributed by atoms with Crippen LogP contribution in [0.25, 0.3) is 10.2 Å². The number of hydrogen-bond donors (Lipinski definition) is 3. The van der Waals surface area contributed by atoms with E-state index >= 15 is 0 Å². The van der Waals surface area contributed by atoms with Gasteiger partial charge in [0.2, 0.25) is 0 Å². The van der Waals surface area contributed by atoms with Crippen LogP contribution in [-0.2, 0) is 0 Å². The Morgan fingerprint density at radius 3 is 2.71 bits per heavy atom. The molecule has 0 unspecified atom stereocenters. The highest BCUT2D eigenvalue weighted by Gasteiger charge is 2.22. The van der Waals surface area contributed by atoms with Gasteiger partial charge in [-0.3, -0.25) is 14.4 Å². The number of nitrogens with one attached hydrogen (secondary N) is 1. The standard InChI is InChI=1S/C18H14N2O6S2/c19-17(24)14-15-16(9(21)6-13(23)20-15)28-18(14)27-7-10(22)8-1-2-11-12(5-8)26-4-3-25-11/h1-2,5-6H,3-4,7H2,(H2,19,24)(H2,20,21,23). The van der Waals surface area contributed by atoms with Crippen molar-refractivity contribution >= 4 is 45.0 Å². The number of amides is 1. The molecule has 0 radical (unpaired) electrons. The fraction of sp³-hybridized carbons (Fsp3) is 0.167. The molecule has 0 atom stereocenters. The molecule has 4 N–H and O–H groups in total. The summed E-state index contributed by atoms with van der Waals surface area (Å²) >= 11 is 2.21. The monoisotopic (exact) mass is 418 g/mol. The fourth-order valence-electron chi connectivity index (χ4n) is 2.82. The molecule has 3 aromatic rings. The molecule has 0 saturated carbocycles. The zero-order chi connectivity index (χ0) is 19.8. The molecule has 0 saturated heterocycles. The maximum atomic E-state index is 12.6. The number of Topliss-reactive ketones (excluding diaryl/α,β-unsaturated/α-hetero) is 1. The van der Waals surface area contributed by atoms with Crippen LogP contribution in [0.2, 0.25) is 0 Å². The van der Waals surface area contributed by atoms with Crippen molar-refractivity contribution in [2.45, 2.75) is 4.21 Å². The van der Waals surface area contributed by atoms with Crippen LogP contribution in [0.4, 0.5) is 0 Å². The summed E-state index contributed by atoms with van der Waals surface area (Å²) in [5, 5.41) is 9.98. The van der Waals surface area contributed by atoms with Crippen LogP contribution in [0.15, 0.2) is 33.3 Å². The fourth-order valence-corrected chi connectivity index (χ4v) is 5.16. The minimum absolute atomic E-state index is 0.0394. The van der Waals surface area contributed by atoms with E-state index in [1.807, 2.05) is 0 Å². The first kappa shape index (κ1) is 18.4. The van der Waals surface area contributed by atoms with E-state index in [9.17, 15) is 19.5 Å². The Morgan fingerprint density at radius 2 is 1.96 bits per heavy atom. The number of thioether (sulfide) groups is 1. The van der Waals surface area contributed by atoms with Crippen molar-refractivity contribution in [3.63, 3.8) is 0 Å². The van der Waals surface area contributed by atoms with Crippen molar-refractivity contribution in [2.75, 3.05) is 19.0 Å². The third-order valence-corrected chi connectivity index (χ3v) is 6.55. The van der Waals surface area contributed by atoms with Crippen molar-refractivity contribution in [3.8, 4) is 17.2 Å². The van der Waals surface area contributed by atoms with E-state index in [2.05, 4.69) is 4.98 Å². The van der Waals surface area contributed by atoms with Gasteiger partial charge in [-0.05, 0) is 18.2 Å². The van der Waals surface area contributed by atoms with E-state index in [1.54, 1.807) is 18.2 Å². The van der Waals surface area contributed by atoms with Gasteiger partial charge in [0, 0.05) is 11.6 Å². The number of nitrogens with two attached hydrogens (primary N) is 1. The summed E-state index contributed by atoms with van der Waals surface area (Å²) in [6.45, 7) is 0.887. The summed E-state index contributed by atoms with van der Waals surface area (Å²) in [6.07, 6.45) is 0. The molecule has 10 heteroatoms. The van der Waals surface area contributed by atoms with Gasteiger partial charge in [0.1, 0.15) is 19.0 Å². The number of aromatic nitrogens is 1. The van der Waals surface area contributed by atoms with Gasteiger partial charge in [0.25, 0.3) is 11.5 Å². The van der Waals surface area contributed by atoms with Crippen molar-refractivity contribution in [1.82, 2.24) is 4.98 Å². The lowest BCUT2D eigenvalue weighted by Crippen LogP contribution is -2.16. The number of aromatic amines is 1. The summed E-state index contributed by atoms with van der Waals surface area (Å²) in [5.41, 5.74) is 5.63. The van der Waals surface area contributed by atoms with Gasteiger partial charge in [0.05, 0.1) is 25.7 Å². The number of ketones is 1. The summed E-state index contributed by atoms with van der Waals surface area (Å²) in [7, 11) is 0. The number of carbonyl (C=O) groups is 2. The van der Waals surface area contributed by atoms with Gasteiger partial charge < -0.3 is 25.3 Å². The third kappa shape index (κ3) is 3.32. The lowest BCUT2D eigenvalue weighted by Gasteiger charge is -2.18. The number of hydrogen-bond acceptors (Lipinski definition) is 8. The zero-order valence-corrected chi connectivity index (χ0v) is 15.9. The molecule has 28 heavy (non-hydrogen) atoms. The normalized spacial score (nSPS) is 12.9. The summed E-state index contributed by atoms with van der Waals surface area (Å²) in [6, 6.07) is 5.99. The lowest BCUT2D eigenvalue weighted by molar-refractivity contribution is 0.0995. The van der Waals surface area contributed by atoms with E-state index < -0.39 is 11.5 Å². The Balaban J connectivity index is 1.61. The number of primary amides is 1. The number of rotatable bonds is 5. The molecule has 4 rings (SSSR count). The largest absolute Gasteiger partial charge is 0.506 e. The molecule has 1 aliphatic heterocycles. The molecule has 1 aromatic carbocycles. The van der Waals surface area contributed by atoms with E-state index in [0.717, 1.165) is 29.2 Å².